The van der Waals surface area contributed by atoms with Gasteiger partial charge >= 0.3 is 0 Å². The second-order valence-corrected chi connectivity index (χ2v) is 5.65. The van der Waals surface area contributed by atoms with Gasteiger partial charge in [0.25, 0.3) is 0 Å². The Morgan fingerprint density at radius 2 is 1.95 bits per heavy atom. The first kappa shape index (κ1) is 15.7. The van der Waals surface area contributed by atoms with E-state index in [1.165, 1.54) is 0 Å². The molecular formula is C14H26N4O. The zero-order valence-electron chi connectivity index (χ0n) is 12.7. The molecule has 1 rings (SSSR count). The number of aliphatic hydroxyl groups excluding tert-OH is 1. The van der Waals surface area contributed by atoms with Crippen LogP contribution in [-0.2, 0) is 5.41 Å². The third kappa shape index (κ3) is 4.35. The van der Waals surface area contributed by atoms with Crippen LogP contribution >= 0.6 is 0 Å². The van der Waals surface area contributed by atoms with E-state index >= 15 is 0 Å². The number of aliphatic hydroxyl groups is 1. The lowest BCUT2D eigenvalue weighted by atomic mass is 9.96. The van der Waals surface area contributed by atoms with E-state index in [1.807, 2.05) is 13.1 Å². The molecule has 0 atom stereocenters. The first-order valence-electron chi connectivity index (χ1n) is 6.85. The number of rotatable bonds is 6. The van der Waals surface area contributed by atoms with E-state index in [-0.39, 0.29) is 12.0 Å². The molecule has 1 aromatic heterocycles. The molecule has 0 aromatic carbocycles. The number of hydrogen-bond donors (Lipinski definition) is 2. The van der Waals surface area contributed by atoms with E-state index < -0.39 is 0 Å². The van der Waals surface area contributed by atoms with E-state index in [2.05, 4.69) is 47.9 Å². The molecule has 0 saturated carbocycles. The maximum Gasteiger partial charge on any atom is 0.138 e. The number of aromatic nitrogens is 2. The van der Waals surface area contributed by atoms with Crippen LogP contribution < -0.4 is 10.2 Å². The fourth-order valence-electron chi connectivity index (χ4n) is 1.79. The van der Waals surface area contributed by atoms with Gasteiger partial charge in [-0.3, -0.25) is 0 Å². The van der Waals surface area contributed by atoms with Crippen molar-refractivity contribution in [2.45, 2.75) is 39.5 Å². The quantitative estimate of drug-likeness (QED) is 0.825. The molecule has 0 aliphatic carbocycles. The van der Waals surface area contributed by atoms with Crippen molar-refractivity contribution in [1.29, 1.82) is 0 Å². The lowest BCUT2D eigenvalue weighted by Gasteiger charge is -2.25. The predicted molar refractivity (Wildman–Crippen MR) is 79.9 cm³/mol. The summed E-state index contributed by atoms with van der Waals surface area (Å²) in [7, 11) is 1.86. The highest BCUT2D eigenvalue weighted by atomic mass is 16.3. The van der Waals surface area contributed by atoms with Crippen molar-refractivity contribution < 1.29 is 5.11 Å². The Kier molecular flexibility index (Phi) is 5.54. The first-order valence-corrected chi connectivity index (χ1v) is 6.85. The minimum atomic E-state index is -0.0985. The smallest absolute Gasteiger partial charge is 0.138 e. The molecule has 0 spiro atoms. The molecule has 0 unspecified atom stereocenters. The zero-order valence-corrected chi connectivity index (χ0v) is 12.7. The van der Waals surface area contributed by atoms with Crippen molar-refractivity contribution in [3.05, 3.63) is 11.9 Å². The normalized spacial score (nSPS) is 11.5. The molecular weight excluding hydrogens is 240 g/mol. The molecule has 5 nitrogen and oxygen atoms in total. The van der Waals surface area contributed by atoms with Crippen LogP contribution in [0.5, 0.6) is 0 Å². The monoisotopic (exact) mass is 266 g/mol. The third-order valence-electron chi connectivity index (χ3n) is 2.83. The van der Waals surface area contributed by atoms with Gasteiger partial charge in [-0.05, 0) is 6.42 Å². The summed E-state index contributed by atoms with van der Waals surface area (Å²) in [6.45, 7) is 10.0. The standard InChI is InChI=1S/C14H26N4O/c1-6-7-18(8-9-19)12-10-11(15-5)16-13(17-12)14(2,3)4/h10,19H,6-9H2,1-5H3,(H,15,16,17). The first-order chi connectivity index (χ1) is 8.92. The Balaban J connectivity index is 3.17. The van der Waals surface area contributed by atoms with Crippen LogP contribution in [0.4, 0.5) is 11.6 Å². The topological polar surface area (TPSA) is 61.3 Å². The van der Waals surface area contributed by atoms with Crippen molar-refractivity contribution in [2.75, 3.05) is 37.0 Å². The van der Waals surface area contributed by atoms with Crippen LogP contribution in [0.3, 0.4) is 0 Å². The van der Waals surface area contributed by atoms with Crippen molar-refractivity contribution in [2.24, 2.45) is 0 Å². The van der Waals surface area contributed by atoms with Gasteiger partial charge in [-0.2, -0.15) is 0 Å². The second-order valence-electron chi connectivity index (χ2n) is 5.65. The van der Waals surface area contributed by atoms with Gasteiger partial charge in [0.2, 0.25) is 0 Å². The van der Waals surface area contributed by atoms with Crippen LogP contribution in [0, 0.1) is 0 Å². The van der Waals surface area contributed by atoms with Gasteiger partial charge in [0.1, 0.15) is 17.5 Å². The summed E-state index contributed by atoms with van der Waals surface area (Å²) in [5.74, 6) is 2.50. The average molecular weight is 266 g/mol. The summed E-state index contributed by atoms with van der Waals surface area (Å²) < 4.78 is 0. The molecule has 0 saturated heterocycles. The van der Waals surface area contributed by atoms with Gasteiger partial charge < -0.3 is 15.3 Å². The maximum absolute atomic E-state index is 9.18. The van der Waals surface area contributed by atoms with Crippen LogP contribution in [0.15, 0.2) is 6.07 Å². The van der Waals surface area contributed by atoms with E-state index in [0.29, 0.717) is 6.54 Å². The van der Waals surface area contributed by atoms with Gasteiger partial charge in [-0.1, -0.05) is 27.7 Å². The molecule has 2 N–H and O–H groups in total. The fraction of sp³-hybridized carbons (Fsp3) is 0.714. The largest absolute Gasteiger partial charge is 0.395 e. The minimum Gasteiger partial charge on any atom is -0.395 e. The van der Waals surface area contributed by atoms with Crippen LogP contribution in [-0.4, -0.2) is 41.8 Å². The van der Waals surface area contributed by atoms with Crippen LogP contribution in [0.25, 0.3) is 0 Å². The molecule has 1 heterocycles. The molecule has 1 aromatic rings. The summed E-state index contributed by atoms with van der Waals surface area (Å²) in [5.41, 5.74) is -0.0985. The summed E-state index contributed by atoms with van der Waals surface area (Å²) >= 11 is 0. The average Bonchev–Trinajstić information content (AvgIpc) is 2.37. The molecule has 0 amide bonds. The van der Waals surface area contributed by atoms with E-state index in [9.17, 15) is 5.11 Å². The molecule has 0 aliphatic heterocycles. The maximum atomic E-state index is 9.18. The molecule has 108 valence electrons. The minimum absolute atomic E-state index is 0.0985. The highest BCUT2D eigenvalue weighted by Crippen LogP contribution is 2.24. The fourth-order valence-corrected chi connectivity index (χ4v) is 1.79. The molecule has 0 fully saturated rings. The Labute approximate surface area is 116 Å². The number of nitrogens with zero attached hydrogens (tertiary/aromatic N) is 3. The van der Waals surface area contributed by atoms with Gasteiger partial charge in [-0.25, -0.2) is 9.97 Å². The van der Waals surface area contributed by atoms with Crippen molar-refractivity contribution >= 4 is 11.6 Å². The highest BCUT2D eigenvalue weighted by molar-refractivity contribution is 5.49. The summed E-state index contributed by atoms with van der Waals surface area (Å²) in [6.07, 6.45) is 1.02. The molecule has 19 heavy (non-hydrogen) atoms. The van der Waals surface area contributed by atoms with E-state index in [0.717, 1.165) is 30.4 Å². The lowest BCUT2D eigenvalue weighted by molar-refractivity contribution is 0.301. The van der Waals surface area contributed by atoms with Crippen LogP contribution in [0.2, 0.25) is 0 Å². The van der Waals surface area contributed by atoms with Crippen molar-refractivity contribution in [1.82, 2.24) is 9.97 Å². The predicted octanol–water partition coefficient (Wildman–Crippen LogP) is 2.02. The molecule has 0 bridgehead atoms. The summed E-state index contributed by atoms with van der Waals surface area (Å²) in [6, 6.07) is 1.93. The number of anilines is 2. The molecule has 0 radical (unpaired) electrons. The Hall–Kier alpha value is -1.36. The molecule has 5 heteroatoms. The van der Waals surface area contributed by atoms with Gasteiger partial charge in [0.05, 0.1) is 6.61 Å². The van der Waals surface area contributed by atoms with E-state index in [1.54, 1.807) is 0 Å². The van der Waals surface area contributed by atoms with Crippen LogP contribution in [0.1, 0.15) is 39.9 Å². The lowest BCUT2D eigenvalue weighted by Crippen LogP contribution is -2.30. The Morgan fingerprint density at radius 1 is 1.26 bits per heavy atom. The van der Waals surface area contributed by atoms with Crippen molar-refractivity contribution in [3.8, 4) is 0 Å². The van der Waals surface area contributed by atoms with Gasteiger partial charge in [-0.15, -0.1) is 0 Å². The SMILES string of the molecule is CCCN(CCO)c1cc(NC)nc(C(C)(C)C)n1. The van der Waals surface area contributed by atoms with Gasteiger partial charge in [0, 0.05) is 31.6 Å². The number of hydrogen-bond acceptors (Lipinski definition) is 5. The summed E-state index contributed by atoms with van der Waals surface area (Å²) in [5, 5.41) is 12.3. The Bertz CT molecular complexity index is 395. The zero-order chi connectivity index (χ0) is 14.5. The molecule has 0 aliphatic rings. The second kappa shape index (κ2) is 6.70. The highest BCUT2D eigenvalue weighted by Gasteiger charge is 2.20. The summed E-state index contributed by atoms with van der Waals surface area (Å²) in [4.78, 5) is 11.3. The Morgan fingerprint density at radius 3 is 2.42 bits per heavy atom. The van der Waals surface area contributed by atoms with E-state index in [4.69, 9.17) is 0 Å². The van der Waals surface area contributed by atoms with Crippen molar-refractivity contribution in [3.63, 3.8) is 0 Å². The number of nitrogens with one attached hydrogen (secondary N) is 1. The third-order valence-corrected chi connectivity index (χ3v) is 2.83. The van der Waals surface area contributed by atoms with Gasteiger partial charge in [0.15, 0.2) is 0 Å².